The monoisotopic (exact) mass is 1120 g/mol. The summed E-state index contributed by atoms with van der Waals surface area (Å²) in [4.78, 5) is 5.07. The predicted octanol–water partition coefficient (Wildman–Crippen LogP) is 16.2. The number of nitrogens with zero attached hydrogens (tertiary/aromatic N) is 5. The Morgan fingerprint density at radius 1 is 0.534 bits per heavy atom. The Morgan fingerprint density at radius 2 is 1.10 bits per heavy atom. The summed E-state index contributed by atoms with van der Waals surface area (Å²) in [6, 6.07) is 82.2. The molecule has 0 fully saturated rings. The first-order valence-corrected chi connectivity index (χ1v) is 24.6. The van der Waals surface area contributed by atoms with Crippen LogP contribution in [-0.4, -0.2) is 18.7 Å². The summed E-state index contributed by atoms with van der Waals surface area (Å²) in [5.74, 6) is 2.22. The summed E-state index contributed by atoms with van der Waals surface area (Å²) in [6.07, 6.45) is 5.75. The van der Waals surface area contributed by atoms with Gasteiger partial charge in [0.25, 0.3) is 6.33 Å². The first-order valence-electron chi connectivity index (χ1n) is 24.6. The number of hydrogen-bond donors (Lipinski definition) is 0. The summed E-state index contributed by atoms with van der Waals surface area (Å²) in [5, 5.41) is 4.52. The van der Waals surface area contributed by atoms with Crippen molar-refractivity contribution in [2.45, 2.75) is 33.6 Å². The van der Waals surface area contributed by atoms with Crippen molar-refractivity contribution in [3.8, 4) is 56.6 Å². The van der Waals surface area contributed by atoms with Gasteiger partial charge in [-0.1, -0.05) is 196 Å². The van der Waals surface area contributed by atoms with E-state index in [1.807, 2.05) is 18.3 Å². The Bertz CT molecular complexity index is 4090. The van der Waals surface area contributed by atoms with Crippen molar-refractivity contribution in [1.82, 2.24) is 18.7 Å². The van der Waals surface area contributed by atoms with E-state index in [2.05, 4.69) is 265 Å². The molecule has 0 bridgehead atoms. The second kappa shape index (κ2) is 18.4. The second-order valence-electron chi connectivity index (χ2n) is 19.7. The molecule has 0 radical (unpaired) electrons. The minimum absolute atomic E-state index is 0. The smallest absolute Gasteiger partial charge is 0.268 e. The number of pyridine rings is 1. The first-order chi connectivity index (χ1) is 35.3. The maximum atomic E-state index is 7.07. The average Bonchev–Trinajstić information content (AvgIpc) is 4.09. The number of aromatic nitrogens is 5. The van der Waals surface area contributed by atoms with Crippen LogP contribution in [-0.2, 0) is 21.1 Å². The van der Waals surface area contributed by atoms with E-state index in [1.165, 1.54) is 16.3 Å². The number of fused-ring (bicyclic) bond motifs is 7. The van der Waals surface area contributed by atoms with E-state index in [0.717, 1.165) is 89.0 Å². The topological polar surface area (TPSA) is 40.8 Å². The summed E-state index contributed by atoms with van der Waals surface area (Å²) in [6.45, 7) is 9.18. The van der Waals surface area contributed by atoms with Crippen LogP contribution in [0.15, 0.2) is 219 Å². The zero-order valence-corrected chi connectivity index (χ0v) is 43.1. The number of hydrogen-bond acceptors (Lipinski definition) is 2. The van der Waals surface area contributed by atoms with Gasteiger partial charge < -0.3 is 18.4 Å². The second-order valence-corrected chi connectivity index (χ2v) is 19.7. The molecule has 6 nitrogen and oxygen atoms in total. The van der Waals surface area contributed by atoms with E-state index < -0.39 is 0 Å². The maximum absolute atomic E-state index is 7.07. The maximum Gasteiger partial charge on any atom is 0.268 e. The molecule has 0 N–H and O–H groups in total. The molecule has 1 unspecified atom stereocenters. The zero-order chi connectivity index (χ0) is 48.5. The molecule has 0 spiro atoms. The quantitative estimate of drug-likeness (QED) is 0.107. The summed E-state index contributed by atoms with van der Waals surface area (Å²) < 4.78 is 16.0. The van der Waals surface area contributed by atoms with Crippen LogP contribution in [0.5, 0.6) is 11.5 Å². The third kappa shape index (κ3) is 7.85. The molecule has 0 aliphatic heterocycles. The van der Waals surface area contributed by atoms with Crippen LogP contribution in [0.4, 0.5) is 0 Å². The third-order valence-electron chi connectivity index (χ3n) is 14.5. The third-order valence-corrected chi connectivity index (χ3v) is 14.5. The summed E-state index contributed by atoms with van der Waals surface area (Å²) >= 11 is 0. The van der Waals surface area contributed by atoms with Gasteiger partial charge in [0.2, 0.25) is 0 Å². The van der Waals surface area contributed by atoms with Gasteiger partial charge in [-0.3, -0.25) is 4.57 Å². The van der Waals surface area contributed by atoms with Crippen LogP contribution in [0.3, 0.4) is 0 Å². The van der Waals surface area contributed by atoms with Gasteiger partial charge in [0.05, 0.1) is 27.8 Å². The minimum atomic E-state index is 0. The van der Waals surface area contributed by atoms with Crippen molar-refractivity contribution in [3.05, 3.63) is 243 Å². The number of imidazole rings is 1. The van der Waals surface area contributed by atoms with Crippen LogP contribution in [0.2, 0.25) is 0 Å². The van der Waals surface area contributed by atoms with Gasteiger partial charge in [0, 0.05) is 55.1 Å². The fourth-order valence-electron chi connectivity index (χ4n) is 10.6. The van der Waals surface area contributed by atoms with Crippen molar-refractivity contribution in [2.24, 2.45) is 5.41 Å². The van der Waals surface area contributed by atoms with Gasteiger partial charge in [-0.05, 0) is 86.2 Å². The number of para-hydroxylation sites is 6. The fourth-order valence-corrected chi connectivity index (χ4v) is 10.6. The summed E-state index contributed by atoms with van der Waals surface area (Å²) in [5.41, 5.74) is 14.7. The Labute approximate surface area is 439 Å². The molecule has 13 aromatic rings. The normalized spacial score (nSPS) is 12.2. The Balaban J connectivity index is 0.00000543. The van der Waals surface area contributed by atoms with Gasteiger partial charge in [-0.15, -0.1) is 24.3 Å². The first kappa shape index (κ1) is 45.8. The molecule has 73 heavy (non-hydrogen) atoms. The summed E-state index contributed by atoms with van der Waals surface area (Å²) in [7, 11) is 0. The molecule has 0 saturated carbocycles. The van der Waals surface area contributed by atoms with Crippen molar-refractivity contribution in [1.29, 1.82) is 0 Å². The number of ether oxygens (including phenoxy) is 1. The van der Waals surface area contributed by atoms with E-state index in [9.17, 15) is 0 Å². The average molecular weight is 1120 g/mol. The van der Waals surface area contributed by atoms with Gasteiger partial charge in [-0.2, -0.15) is 12.1 Å². The van der Waals surface area contributed by atoms with E-state index >= 15 is 0 Å². The Kier molecular flexibility index (Phi) is 11.5. The van der Waals surface area contributed by atoms with Crippen LogP contribution < -0.4 is 9.30 Å². The van der Waals surface area contributed by atoms with E-state index in [1.54, 1.807) is 0 Å². The van der Waals surface area contributed by atoms with E-state index in [4.69, 9.17) is 9.72 Å². The molecule has 1 atom stereocenters. The Hall–Kier alpha value is -8.31. The van der Waals surface area contributed by atoms with E-state index in [-0.39, 0.29) is 26.5 Å². The Morgan fingerprint density at radius 3 is 1.74 bits per heavy atom. The van der Waals surface area contributed by atoms with Crippen molar-refractivity contribution in [3.63, 3.8) is 0 Å². The van der Waals surface area contributed by atoms with Gasteiger partial charge in [0.15, 0.2) is 0 Å². The fraction of sp³-hybridized carbons (Fsp3) is 0.0909. The van der Waals surface area contributed by atoms with Crippen LogP contribution in [0, 0.1) is 23.9 Å². The van der Waals surface area contributed by atoms with Crippen molar-refractivity contribution < 1.29 is 30.4 Å². The standard InChI is InChI=1S/C66H49N5O.Pt/c1-44(66(2,3)4)47-37-38-67-63(39-47)71-58-34-16-13-29-55(58)64-61(70-56-32-14-11-27-53(56)54-28-12-15-33-57(54)70)41-50(42-62(64)71)72-49-26-19-25-48(40-49)68-43-69(60-36-18-17-35-59(60)68)65-51(45-21-7-5-8-22-45)30-20-31-52(65)46-23-9-6-10-24-46;/h5-39,41,44H,1-4H3;/q-2;. The molecule has 0 amide bonds. The predicted molar refractivity (Wildman–Crippen MR) is 293 cm³/mol. The van der Waals surface area contributed by atoms with E-state index in [0.29, 0.717) is 17.4 Å². The van der Waals surface area contributed by atoms with Crippen molar-refractivity contribution in [2.75, 3.05) is 0 Å². The van der Waals surface area contributed by atoms with Gasteiger partial charge in [0.1, 0.15) is 5.82 Å². The molecule has 356 valence electrons. The largest absolute Gasteiger partial charge is 0.510 e. The molecule has 0 saturated heterocycles. The van der Waals surface area contributed by atoms with Gasteiger partial charge in [-0.25, -0.2) is 4.98 Å². The molecule has 0 aliphatic rings. The molecule has 7 heteroatoms. The molecule has 13 rings (SSSR count). The molecule has 0 aliphatic carbocycles. The van der Waals surface area contributed by atoms with Crippen LogP contribution >= 0.6 is 0 Å². The zero-order valence-electron chi connectivity index (χ0n) is 40.8. The molecular weight excluding hydrogens is 1070 g/mol. The van der Waals surface area contributed by atoms with Crippen molar-refractivity contribution >= 4 is 54.6 Å². The van der Waals surface area contributed by atoms with Crippen LogP contribution in [0.1, 0.15) is 39.2 Å². The minimum Gasteiger partial charge on any atom is -0.510 e. The van der Waals surface area contributed by atoms with Gasteiger partial charge >= 0.3 is 0 Å². The molecule has 4 heterocycles. The number of benzene rings is 9. The SMILES string of the molecule is CC(c1ccnc(-n2c3[c-]c(Oc4[c-]c(-n5[c-][n+](-c6c(-c7ccccc7)cccc6-c6ccccc6)c6ccccc65)ccc4)cc(-n4c5ccccc5c5ccccc54)c3c3ccccc32)c1)C(C)(C)C.[Pt]. The molecule has 9 aromatic carbocycles. The number of rotatable bonds is 9. The molecular formula is C66H49N5OPt-2. The van der Waals surface area contributed by atoms with Crippen LogP contribution in [0.25, 0.3) is 99.8 Å². The molecule has 4 aromatic heterocycles.